The maximum Gasteiger partial charge on any atom is 0.251 e. The molecule has 2 rings (SSSR count). The number of halogens is 1. The molecule has 0 aliphatic heterocycles. The van der Waals surface area contributed by atoms with Crippen molar-refractivity contribution in [3.8, 4) is 0 Å². The third-order valence-corrected chi connectivity index (χ3v) is 4.11. The average molecular weight is 322 g/mol. The van der Waals surface area contributed by atoms with Gasteiger partial charge in [0.2, 0.25) is 0 Å². The third kappa shape index (κ3) is 4.24. The van der Waals surface area contributed by atoms with Gasteiger partial charge in [-0.1, -0.05) is 23.7 Å². The van der Waals surface area contributed by atoms with Crippen molar-refractivity contribution in [2.75, 3.05) is 12.9 Å². The van der Waals surface area contributed by atoms with Gasteiger partial charge in [0.1, 0.15) is 0 Å². The van der Waals surface area contributed by atoms with Gasteiger partial charge >= 0.3 is 0 Å². The lowest BCUT2D eigenvalue weighted by Gasteiger charge is -2.17. The fourth-order valence-corrected chi connectivity index (χ4v) is 2.45. The molecule has 0 spiro atoms. The molecule has 0 heterocycles. The van der Waals surface area contributed by atoms with Gasteiger partial charge in [-0.25, -0.2) is 0 Å². The molecule has 5 heteroatoms. The molecule has 0 fully saturated rings. The van der Waals surface area contributed by atoms with Crippen molar-refractivity contribution in [2.45, 2.75) is 10.9 Å². The Labute approximate surface area is 133 Å². The summed E-state index contributed by atoms with van der Waals surface area (Å²) in [5.74, 6) is -0.211. The number of aliphatic hydroxyl groups is 1. The molecule has 0 aliphatic rings. The van der Waals surface area contributed by atoms with E-state index in [1.807, 2.05) is 18.4 Å². The van der Waals surface area contributed by atoms with Gasteiger partial charge in [0, 0.05) is 15.5 Å². The average Bonchev–Trinajstić information content (AvgIpc) is 2.53. The van der Waals surface area contributed by atoms with E-state index < -0.39 is 6.04 Å². The molecular formula is C16H16ClNO2S. The van der Waals surface area contributed by atoms with Crippen molar-refractivity contribution in [3.63, 3.8) is 0 Å². The SMILES string of the molecule is CSc1ccc(C(=O)NC(CO)c2ccc(Cl)cc2)cc1. The normalized spacial score (nSPS) is 12.0. The number of rotatable bonds is 5. The summed E-state index contributed by atoms with van der Waals surface area (Å²) >= 11 is 7.46. The number of amides is 1. The van der Waals surface area contributed by atoms with E-state index in [4.69, 9.17) is 11.6 Å². The summed E-state index contributed by atoms with van der Waals surface area (Å²) in [5.41, 5.74) is 1.39. The number of nitrogens with one attached hydrogen (secondary N) is 1. The Morgan fingerprint density at radius 3 is 2.33 bits per heavy atom. The summed E-state index contributed by atoms with van der Waals surface area (Å²) in [5, 5.41) is 12.9. The largest absolute Gasteiger partial charge is 0.394 e. The Balaban J connectivity index is 2.10. The van der Waals surface area contributed by atoms with Gasteiger partial charge in [-0.2, -0.15) is 0 Å². The summed E-state index contributed by atoms with van der Waals surface area (Å²) < 4.78 is 0. The highest BCUT2D eigenvalue weighted by Gasteiger charge is 2.14. The quantitative estimate of drug-likeness (QED) is 0.828. The van der Waals surface area contributed by atoms with Crippen LogP contribution < -0.4 is 5.32 Å². The van der Waals surface area contributed by atoms with Gasteiger partial charge in [0.15, 0.2) is 0 Å². The minimum absolute atomic E-state index is 0.170. The number of thioether (sulfide) groups is 1. The van der Waals surface area contributed by atoms with Crippen molar-refractivity contribution >= 4 is 29.3 Å². The minimum Gasteiger partial charge on any atom is -0.394 e. The van der Waals surface area contributed by atoms with E-state index in [-0.39, 0.29) is 12.5 Å². The highest BCUT2D eigenvalue weighted by molar-refractivity contribution is 7.98. The van der Waals surface area contributed by atoms with Crippen molar-refractivity contribution in [1.82, 2.24) is 5.32 Å². The van der Waals surface area contributed by atoms with Gasteiger partial charge in [-0.05, 0) is 48.2 Å². The molecule has 110 valence electrons. The molecular weight excluding hydrogens is 306 g/mol. The van der Waals surface area contributed by atoms with E-state index in [1.54, 1.807) is 48.2 Å². The first-order chi connectivity index (χ1) is 10.1. The molecule has 0 aromatic heterocycles. The minimum atomic E-state index is -0.449. The van der Waals surface area contributed by atoms with Crippen LogP contribution in [0.2, 0.25) is 5.02 Å². The van der Waals surface area contributed by atoms with E-state index in [2.05, 4.69) is 5.32 Å². The maximum absolute atomic E-state index is 12.2. The first-order valence-electron chi connectivity index (χ1n) is 6.45. The van der Waals surface area contributed by atoms with Crippen LogP contribution >= 0.6 is 23.4 Å². The maximum atomic E-state index is 12.2. The second-order valence-electron chi connectivity index (χ2n) is 4.49. The van der Waals surface area contributed by atoms with Crippen LogP contribution in [0, 0.1) is 0 Å². The van der Waals surface area contributed by atoms with Crippen LogP contribution in [0.25, 0.3) is 0 Å². The van der Waals surface area contributed by atoms with E-state index in [0.717, 1.165) is 10.5 Å². The van der Waals surface area contributed by atoms with Crippen LogP contribution in [-0.4, -0.2) is 23.9 Å². The molecule has 0 radical (unpaired) electrons. The van der Waals surface area contributed by atoms with Crippen molar-refractivity contribution < 1.29 is 9.90 Å². The van der Waals surface area contributed by atoms with Gasteiger partial charge in [-0.3, -0.25) is 4.79 Å². The molecule has 2 N–H and O–H groups in total. The number of aliphatic hydroxyl groups excluding tert-OH is 1. The number of benzene rings is 2. The lowest BCUT2D eigenvalue weighted by molar-refractivity contribution is 0.0916. The van der Waals surface area contributed by atoms with Crippen LogP contribution in [0.3, 0.4) is 0 Å². The van der Waals surface area contributed by atoms with Crippen LogP contribution in [0.15, 0.2) is 53.4 Å². The highest BCUT2D eigenvalue weighted by atomic mass is 35.5. The van der Waals surface area contributed by atoms with E-state index >= 15 is 0 Å². The molecule has 2 aromatic carbocycles. The predicted molar refractivity (Wildman–Crippen MR) is 87.0 cm³/mol. The molecule has 0 saturated carbocycles. The van der Waals surface area contributed by atoms with Crippen LogP contribution in [0.4, 0.5) is 0 Å². The van der Waals surface area contributed by atoms with Crippen LogP contribution in [0.5, 0.6) is 0 Å². The van der Waals surface area contributed by atoms with Crippen molar-refractivity contribution in [2.24, 2.45) is 0 Å². The number of hydrogen-bond donors (Lipinski definition) is 2. The Bertz CT molecular complexity index is 599. The van der Waals surface area contributed by atoms with Gasteiger partial charge < -0.3 is 10.4 Å². The summed E-state index contributed by atoms with van der Waals surface area (Å²) in [6.07, 6.45) is 1.98. The van der Waals surface area contributed by atoms with E-state index in [0.29, 0.717) is 10.6 Å². The smallest absolute Gasteiger partial charge is 0.251 e. The topological polar surface area (TPSA) is 49.3 Å². The molecule has 3 nitrogen and oxygen atoms in total. The summed E-state index contributed by atoms with van der Waals surface area (Å²) in [6.45, 7) is -0.170. The Morgan fingerprint density at radius 2 is 1.81 bits per heavy atom. The first-order valence-corrected chi connectivity index (χ1v) is 8.05. The van der Waals surface area contributed by atoms with E-state index in [9.17, 15) is 9.90 Å². The fourth-order valence-electron chi connectivity index (χ4n) is 1.91. The molecule has 2 aromatic rings. The van der Waals surface area contributed by atoms with Crippen LogP contribution in [-0.2, 0) is 0 Å². The first kappa shape index (κ1) is 15.9. The molecule has 21 heavy (non-hydrogen) atoms. The third-order valence-electron chi connectivity index (χ3n) is 3.11. The molecule has 1 amide bonds. The molecule has 1 unspecified atom stereocenters. The van der Waals surface area contributed by atoms with Crippen molar-refractivity contribution in [1.29, 1.82) is 0 Å². The van der Waals surface area contributed by atoms with Gasteiger partial charge in [0.25, 0.3) is 5.91 Å². The lowest BCUT2D eigenvalue weighted by Crippen LogP contribution is -2.30. The van der Waals surface area contributed by atoms with Gasteiger partial charge in [-0.15, -0.1) is 11.8 Å². The predicted octanol–water partition coefficient (Wildman–Crippen LogP) is 3.53. The number of carbonyl (C=O) groups excluding carboxylic acids is 1. The summed E-state index contributed by atoms with van der Waals surface area (Å²) in [7, 11) is 0. The number of carbonyl (C=O) groups is 1. The van der Waals surface area contributed by atoms with Crippen molar-refractivity contribution in [3.05, 3.63) is 64.7 Å². The Kier molecular flexibility index (Phi) is 5.67. The fraction of sp³-hybridized carbons (Fsp3) is 0.188. The lowest BCUT2D eigenvalue weighted by atomic mass is 10.1. The zero-order valence-electron chi connectivity index (χ0n) is 11.5. The zero-order valence-corrected chi connectivity index (χ0v) is 13.1. The molecule has 0 bridgehead atoms. The monoisotopic (exact) mass is 321 g/mol. The Morgan fingerprint density at radius 1 is 1.19 bits per heavy atom. The molecule has 1 atom stereocenters. The van der Waals surface area contributed by atoms with Gasteiger partial charge in [0.05, 0.1) is 12.6 Å². The highest BCUT2D eigenvalue weighted by Crippen LogP contribution is 2.18. The zero-order chi connectivity index (χ0) is 15.2. The number of hydrogen-bond acceptors (Lipinski definition) is 3. The van der Waals surface area contributed by atoms with E-state index in [1.165, 1.54) is 0 Å². The molecule has 0 aliphatic carbocycles. The Hall–Kier alpha value is -1.49. The summed E-state index contributed by atoms with van der Waals surface area (Å²) in [6, 6.07) is 14.0. The molecule has 0 saturated heterocycles. The second-order valence-corrected chi connectivity index (χ2v) is 5.80. The second kappa shape index (κ2) is 7.50. The van der Waals surface area contributed by atoms with Crippen LogP contribution in [0.1, 0.15) is 22.0 Å². The summed E-state index contributed by atoms with van der Waals surface area (Å²) in [4.78, 5) is 13.3. The standard InChI is InChI=1S/C16H16ClNO2S/c1-21-14-8-4-12(5-9-14)16(20)18-15(10-19)11-2-6-13(17)7-3-11/h2-9,15,19H,10H2,1H3,(H,18,20).